The third kappa shape index (κ3) is 1.78. The number of quaternary nitrogens is 1. The lowest BCUT2D eigenvalue weighted by Gasteiger charge is -2.15. The first-order chi connectivity index (χ1) is 4.31. The van der Waals surface area contributed by atoms with Crippen LogP contribution in [-0.4, -0.2) is 25.0 Å². The fourth-order valence-corrected chi connectivity index (χ4v) is 0.142. The zero-order chi connectivity index (χ0) is 8.41. The number of rotatable bonds is 1. The maximum atomic E-state index is 11.7. The summed E-state index contributed by atoms with van der Waals surface area (Å²) in [7, 11) is 1.42. The standard InChI is InChI=1S/C3H6F3N3O/c1-9(2,7-8-10)3(4,5)6/h1-2H3/q+2. The Hall–Kier alpha value is -0.940. The van der Waals surface area contributed by atoms with Gasteiger partial charge in [0.1, 0.15) is 14.1 Å². The number of alkyl halides is 3. The van der Waals surface area contributed by atoms with E-state index in [0.717, 1.165) is 0 Å². The van der Waals surface area contributed by atoms with Crippen LogP contribution in [-0.2, 0) is 0 Å². The van der Waals surface area contributed by atoms with Crippen molar-refractivity contribution in [1.29, 1.82) is 0 Å². The van der Waals surface area contributed by atoms with Gasteiger partial charge in [0.05, 0.1) is 0 Å². The van der Waals surface area contributed by atoms with E-state index in [4.69, 9.17) is 0 Å². The fourth-order valence-electron chi connectivity index (χ4n) is 0.142. The van der Waals surface area contributed by atoms with Crippen molar-refractivity contribution < 1.29 is 17.8 Å². The molecule has 0 N–H and O–H groups in total. The first-order valence-corrected chi connectivity index (χ1v) is 2.27. The Kier molecular flexibility index (Phi) is 2.13. The van der Waals surface area contributed by atoms with Crippen molar-refractivity contribution in [3.63, 3.8) is 0 Å². The van der Waals surface area contributed by atoms with E-state index < -0.39 is 10.9 Å². The summed E-state index contributed by atoms with van der Waals surface area (Å²) in [5.41, 5.74) is 0. The van der Waals surface area contributed by atoms with E-state index in [1.54, 1.807) is 4.97 Å². The molecule has 58 valence electrons. The van der Waals surface area contributed by atoms with E-state index in [1.807, 2.05) is 0 Å². The minimum atomic E-state index is -4.58. The van der Waals surface area contributed by atoms with Gasteiger partial charge in [-0.15, -0.1) is 13.2 Å². The maximum absolute atomic E-state index is 11.7. The summed E-state index contributed by atoms with van der Waals surface area (Å²) < 4.78 is 33.4. The number of halogens is 3. The number of hydrogen-bond acceptors (Lipinski definition) is 2. The molecule has 0 aliphatic rings. The van der Waals surface area contributed by atoms with Crippen LogP contribution in [0.4, 0.5) is 13.2 Å². The lowest BCUT2D eigenvalue weighted by Crippen LogP contribution is -2.46. The van der Waals surface area contributed by atoms with Crippen molar-refractivity contribution in [3.05, 3.63) is 4.91 Å². The van der Waals surface area contributed by atoms with Gasteiger partial charge in [-0.1, -0.05) is 0 Å². The lowest BCUT2D eigenvalue weighted by molar-refractivity contribution is -1.01. The predicted molar refractivity (Wildman–Crippen MR) is 26.1 cm³/mol. The average Bonchev–Trinajstić information content (AvgIpc) is 1.61. The third-order valence-electron chi connectivity index (χ3n) is 0.881. The molecule has 7 heteroatoms. The molecule has 4 nitrogen and oxygen atoms in total. The SMILES string of the molecule is C[N+](C)(N=[N+]=O)C(F)(F)F. The van der Waals surface area contributed by atoms with Crippen LogP contribution in [0.15, 0.2) is 5.22 Å². The van der Waals surface area contributed by atoms with Crippen LogP contribution in [0.5, 0.6) is 0 Å². The summed E-state index contributed by atoms with van der Waals surface area (Å²) in [5, 5.41) is 2.41. The van der Waals surface area contributed by atoms with E-state index >= 15 is 0 Å². The van der Waals surface area contributed by atoms with Crippen molar-refractivity contribution in [1.82, 2.24) is 4.97 Å². The van der Waals surface area contributed by atoms with E-state index in [2.05, 4.69) is 5.22 Å². The Balaban J connectivity index is 4.56. The molecule has 0 heterocycles. The van der Waals surface area contributed by atoms with Crippen LogP contribution in [0.2, 0.25) is 0 Å². The third-order valence-corrected chi connectivity index (χ3v) is 0.881. The van der Waals surface area contributed by atoms with Crippen LogP contribution >= 0.6 is 0 Å². The van der Waals surface area contributed by atoms with Crippen molar-refractivity contribution in [2.24, 2.45) is 5.22 Å². The molecule has 0 rings (SSSR count). The highest BCUT2D eigenvalue weighted by atomic mass is 19.4. The van der Waals surface area contributed by atoms with E-state index in [1.165, 1.54) is 0 Å². The Morgan fingerprint density at radius 2 is 1.80 bits per heavy atom. The Bertz CT molecular complexity index is 168. The van der Waals surface area contributed by atoms with Gasteiger partial charge in [-0.2, -0.15) is 0 Å². The van der Waals surface area contributed by atoms with Gasteiger partial charge in [-0.3, -0.25) is 0 Å². The lowest BCUT2D eigenvalue weighted by atomic mass is 10.8. The molecule has 0 aromatic carbocycles. The van der Waals surface area contributed by atoms with Crippen LogP contribution in [0, 0.1) is 4.91 Å². The van der Waals surface area contributed by atoms with Crippen molar-refractivity contribution in [3.8, 4) is 0 Å². The van der Waals surface area contributed by atoms with E-state index in [0.29, 0.717) is 14.1 Å². The second kappa shape index (κ2) is 2.36. The van der Waals surface area contributed by atoms with Crippen LogP contribution < -0.4 is 4.97 Å². The van der Waals surface area contributed by atoms with Crippen LogP contribution in [0.25, 0.3) is 0 Å². The maximum Gasteiger partial charge on any atom is 0.591 e. The Morgan fingerprint density at radius 1 is 1.40 bits per heavy atom. The molecule has 0 aliphatic carbocycles. The zero-order valence-corrected chi connectivity index (χ0v) is 5.38. The summed E-state index contributed by atoms with van der Waals surface area (Å²) in [6, 6.07) is 0. The molecule has 0 saturated heterocycles. The van der Waals surface area contributed by atoms with Crippen molar-refractivity contribution in [2.75, 3.05) is 14.1 Å². The molecule has 0 aliphatic heterocycles. The number of hydrogen-bond donors (Lipinski definition) is 0. The molecule has 0 spiro atoms. The van der Waals surface area contributed by atoms with E-state index in [-0.39, 0.29) is 0 Å². The zero-order valence-electron chi connectivity index (χ0n) is 5.38. The Labute approximate surface area is 54.5 Å². The normalized spacial score (nSPS) is 12.5. The summed E-state index contributed by atoms with van der Waals surface area (Å²) in [6.07, 6.45) is -4.58. The first kappa shape index (κ1) is 9.06. The number of nitrogens with zero attached hydrogens (tertiary/aromatic N) is 3. The van der Waals surface area contributed by atoms with Crippen molar-refractivity contribution >= 4 is 0 Å². The first-order valence-electron chi connectivity index (χ1n) is 2.27. The molecule has 10 heavy (non-hydrogen) atoms. The molecule has 0 bridgehead atoms. The highest BCUT2D eigenvalue weighted by molar-refractivity contribution is 4.22. The van der Waals surface area contributed by atoms with E-state index in [9.17, 15) is 18.1 Å². The summed E-state index contributed by atoms with van der Waals surface area (Å²) in [6.45, 7) is 0. The number of nitroso groups, excluding NO2 is 1. The van der Waals surface area contributed by atoms with Gasteiger partial charge in [-0.05, 0) is 4.59 Å². The molecular weight excluding hydrogens is 151 g/mol. The molecule has 0 atom stereocenters. The smallest absolute Gasteiger partial charge is 0.114 e. The highest BCUT2D eigenvalue weighted by Gasteiger charge is 2.54. The minimum Gasteiger partial charge on any atom is -0.114 e. The molecule has 0 saturated carbocycles. The topological polar surface area (TPSA) is 43.5 Å². The second-order valence-corrected chi connectivity index (χ2v) is 2.03. The van der Waals surface area contributed by atoms with Gasteiger partial charge in [0.15, 0.2) is 4.91 Å². The summed E-state index contributed by atoms with van der Waals surface area (Å²) in [4.78, 5) is 11.1. The quantitative estimate of drug-likeness (QED) is 0.182. The second-order valence-electron chi connectivity index (χ2n) is 2.03. The molecule has 0 aromatic rings. The summed E-state index contributed by atoms with van der Waals surface area (Å²) >= 11 is 0. The average molecular weight is 157 g/mol. The minimum absolute atomic E-state index is 0.710. The van der Waals surface area contributed by atoms with Gasteiger partial charge < -0.3 is 0 Å². The van der Waals surface area contributed by atoms with Crippen molar-refractivity contribution in [2.45, 2.75) is 6.30 Å². The molecule has 0 unspecified atom stereocenters. The van der Waals surface area contributed by atoms with Gasteiger partial charge >= 0.3 is 16.5 Å². The Morgan fingerprint density at radius 3 is 1.90 bits per heavy atom. The molecule has 0 fully saturated rings. The molecular formula is C3H6F3N3O+2. The molecule has 0 amide bonds. The fraction of sp³-hybridized carbons (Fsp3) is 1.00. The molecule has 0 aromatic heterocycles. The van der Waals surface area contributed by atoms with Crippen LogP contribution in [0.1, 0.15) is 0 Å². The van der Waals surface area contributed by atoms with Gasteiger partial charge in [0.25, 0.3) is 0 Å². The van der Waals surface area contributed by atoms with Crippen LogP contribution in [0.3, 0.4) is 0 Å². The highest BCUT2D eigenvalue weighted by Crippen LogP contribution is 2.25. The molecule has 0 radical (unpaired) electrons. The largest absolute Gasteiger partial charge is 0.591 e. The van der Waals surface area contributed by atoms with Gasteiger partial charge in [-0.25, -0.2) is 0 Å². The predicted octanol–water partition coefficient (Wildman–Crippen LogP) is 0.783. The van der Waals surface area contributed by atoms with Gasteiger partial charge in [0.2, 0.25) is 0 Å². The van der Waals surface area contributed by atoms with Gasteiger partial charge in [0, 0.05) is 0 Å². The summed E-state index contributed by atoms with van der Waals surface area (Å²) in [5.74, 6) is 0. The monoisotopic (exact) mass is 157 g/mol.